The molecule has 0 bridgehead atoms. The molecule has 1 aliphatic carbocycles. The van der Waals surface area contributed by atoms with Crippen LogP contribution in [0.3, 0.4) is 0 Å². The Labute approximate surface area is 120 Å². The minimum Gasteiger partial charge on any atom is -0.310 e. The predicted octanol–water partition coefficient (Wildman–Crippen LogP) is 3.81. The SMILES string of the molecule is O=[N+]([O-])c1ccc(CNC2CCCC(C(F)(F)F)C2)cc1. The molecule has 1 aliphatic rings. The average molecular weight is 302 g/mol. The molecule has 0 radical (unpaired) electrons. The van der Waals surface area contributed by atoms with Gasteiger partial charge in [-0.3, -0.25) is 10.1 Å². The van der Waals surface area contributed by atoms with E-state index in [1.807, 2.05) is 0 Å². The standard InChI is InChI=1S/C14H17F3N2O2/c15-14(16,17)11-2-1-3-12(8-11)18-9-10-4-6-13(7-5-10)19(20)21/h4-7,11-12,18H,1-3,8-9H2. The van der Waals surface area contributed by atoms with Crippen molar-refractivity contribution in [3.8, 4) is 0 Å². The zero-order valence-electron chi connectivity index (χ0n) is 11.4. The molecule has 116 valence electrons. The van der Waals surface area contributed by atoms with Crippen LogP contribution < -0.4 is 5.32 Å². The predicted molar refractivity (Wildman–Crippen MR) is 71.7 cm³/mol. The van der Waals surface area contributed by atoms with E-state index in [0.29, 0.717) is 13.0 Å². The first-order valence-electron chi connectivity index (χ1n) is 6.89. The van der Waals surface area contributed by atoms with Crippen LogP contribution in [0.4, 0.5) is 18.9 Å². The van der Waals surface area contributed by atoms with Crippen LogP contribution in [0.5, 0.6) is 0 Å². The fourth-order valence-corrected chi connectivity index (χ4v) is 2.67. The molecule has 1 aromatic carbocycles. The summed E-state index contributed by atoms with van der Waals surface area (Å²) in [6, 6.07) is 5.89. The van der Waals surface area contributed by atoms with E-state index in [4.69, 9.17) is 0 Å². The third-order valence-corrected chi connectivity index (χ3v) is 3.88. The van der Waals surface area contributed by atoms with Crippen LogP contribution in [-0.2, 0) is 6.54 Å². The minimum atomic E-state index is -4.12. The second-order valence-corrected chi connectivity index (χ2v) is 5.41. The molecule has 1 N–H and O–H groups in total. The molecule has 0 aliphatic heterocycles. The maximum Gasteiger partial charge on any atom is 0.391 e. The molecular weight excluding hydrogens is 285 g/mol. The number of rotatable bonds is 4. The quantitative estimate of drug-likeness (QED) is 0.680. The van der Waals surface area contributed by atoms with E-state index in [1.54, 1.807) is 12.1 Å². The van der Waals surface area contributed by atoms with Gasteiger partial charge in [-0.15, -0.1) is 0 Å². The van der Waals surface area contributed by atoms with Crippen LogP contribution in [0.1, 0.15) is 31.2 Å². The third-order valence-electron chi connectivity index (χ3n) is 3.88. The van der Waals surface area contributed by atoms with Crippen molar-refractivity contribution in [2.75, 3.05) is 0 Å². The van der Waals surface area contributed by atoms with Crippen molar-refractivity contribution in [2.24, 2.45) is 5.92 Å². The molecule has 1 saturated carbocycles. The van der Waals surface area contributed by atoms with E-state index < -0.39 is 17.0 Å². The molecule has 0 saturated heterocycles. The van der Waals surface area contributed by atoms with Crippen LogP contribution >= 0.6 is 0 Å². The molecule has 0 amide bonds. The van der Waals surface area contributed by atoms with Gasteiger partial charge in [0, 0.05) is 24.7 Å². The lowest BCUT2D eigenvalue weighted by Crippen LogP contribution is -2.38. The Hall–Kier alpha value is -1.63. The van der Waals surface area contributed by atoms with Crippen LogP contribution in [0.2, 0.25) is 0 Å². The highest BCUT2D eigenvalue weighted by Crippen LogP contribution is 2.37. The summed E-state index contributed by atoms with van der Waals surface area (Å²) in [6.07, 6.45) is -2.49. The monoisotopic (exact) mass is 302 g/mol. The highest BCUT2D eigenvalue weighted by atomic mass is 19.4. The van der Waals surface area contributed by atoms with E-state index in [9.17, 15) is 23.3 Å². The molecule has 0 aromatic heterocycles. The average Bonchev–Trinajstić information content (AvgIpc) is 2.45. The molecule has 7 heteroatoms. The lowest BCUT2D eigenvalue weighted by Gasteiger charge is -2.31. The van der Waals surface area contributed by atoms with Crippen molar-refractivity contribution in [3.63, 3.8) is 0 Å². The van der Waals surface area contributed by atoms with Gasteiger partial charge in [0.15, 0.2) is 0 Å². The largest absolute Gasteiger partial charge is 0.391 e. The van der Waals surface area contributed by atoms with E-state index >= 15 is 0 Å². The summed E-state index contributed by atoms with van der Waals surface area (Å²) in [6.45, 7) is 0.424. The summed E-state index contributed by atoms with van der Waals surface area (Å²) >= 11 is 0. The summed E-state index contributed by atoms with van der Waals surface area (Å²) in [5.41, 5.74) is 0.836. The number of nitrogens with one attached hydrogen (secondary N) is 1. The number of halogens is 3. The molecular formula is C14H17F3N2O2. The zero-order chi connectivity index (χ0) is 15.5. The van der Waals surface area contributed by atoms with E-state index in [-0.39, 0.29) is 24.6 Å². The Bertz CT molecular complexity index is 488. The first-order valence-corrected chi connectivity index (χ1v) is 6.89. The van der Waals surface area contributed by atoms with Crippen molar-refractivity contribution in [1.82, 2.24) is 5.32 Å². The number of nitrogens with zero attached hydrogens (tertiary/aromatic N) is 1. The van der Waals surface area contributed by atoms with Crippen molar-refractivity contribution < 1.29 is 18.1 Å². The molecule has 4 nitrogen and oxygen atoms in total. The zero-order valence-corrected chi connectivity index (χ0v) is 11.4. The Balaban J connectivity index is 1.86. The summed E-state index contributed by atoms with van der Waals surface area (Å²) < 4.78 is 38.1. The lowest BCUT2D eigenvalue weighted by molar-refractivity contribution is -0.384. The minimum absolute atomic E-state index is 0.00792. The molecule has 2 rings (SSSR count). The second kappa shape index (κ2) is 6.43. The van der Waals surface area contributed by atoms with Gasteiger partial charge in [0.2, 0.25) is 0 Å². The number of nitro benzene ring substituents is 1. The van der Waals surface area contributed by atoms with Crippen molar-refractivity contribution in [3.05, 3.63) is 39.9 Å². The molecule has 0 spiro atoms. The van der Waals surface area contributed by atoms with E-state index in [0.717, 1.165) is 12.0 Å². The van der Waals surface area contributed by atoms with Gasteiger partial charge in [0.25, 0.3) is 5.69 Å². The highest BCUT2D eigenvalue weighted by molar-refractivity contribution is 5.32. The van der Waals surface area contributed by atoms with Gasteiger partial charge < -0.3 is 5.32 Å². The van der Waals surface area contributed by atoms with Gasteiger partial charge >= 0.3 is 6.18 Å². The van der Waals surface area contributed by atoms with E-state index in [2.05, 4.69) is 5.32 Å². The second-order valence-electron chi connectivity index (χ2n) is 5.41. The van der Waals surface area contributed by atoms with Gasteiger partial charge in [0.1, 0.15) is 0 Å². The van der Waals surface area contributed by atoms with Crippen molar-refractivity contribution in [1.29, 1.82) is 0 Å². The normalized spacial score (nSPS) is 23.0. The Morgan fingerprint density at radius 3 is 2.48 bits per heavy atom. The summed E-state index contributed by atoms with van der Waals surface area (Å²) in [4.78, 5) is 10.1. The number of non-ortho nitro benzene ring substituents is 1. The van der Waals surface area contributed by atoms with Crippen LogP contribution in [0.25, 0.3) is 0 Å². The molecule has 1 aromatic rings. The maximum atomic E-state index is 12.7. The summed E-state index contributed by atoms with van der Waals surface area (Å²) in [7, 11) is 0. The lowest BCUT2D eigenvalue weighted by atomic mass is 9.85. The van der Waals surface area contributed by atoms with Gasteiger partial charge in [-0.25, -0.2) is 0 Å². The van der Waals surface area contributed by atoms with Crippen molar-refractivity contribution in [2.45, 2.75) is 44.4 Å². The maximum absolute atomic E-state index is 12.7. The summed E-state index contributed by atoms with van der Waals surface area (Å²) in [5, 5.41) is 13.6. The van der Waals surface area contributed by atoms with Gasteiger partial charge in [-0.2, -0.15) is 13.2 Å². The molecule has 0 heterocycles. The van der Waals surface area contributed by atoms with Gasteiger partial charge in [-0.1, -0.05) is 18.6 Å². The molecule has 2 unspecified atom stereocenters. The van der Waals surface area contributed by atoms with E-state index in [1.165, 1.54) is 12.1 Å². The third kappa shape index (κ3) is 4.42. The molecule has 21 heavy (non-hydrogen) atoms. The Morgan fingerprint density at radius 1 is 1.24 bits per heavy atom. The van der Waals surface area contributed by atoms with Crippen LogP contribution in [0, 0.1) is 16.0 Å². The van der Waals surface area contributed by atoms with Crippen molar-refractivity contribution >= 4 is 5.69 Å². The Morgan fingerprint density at radius 2 is 1.90 bits per heavy atom. The smallest absolute Gasteiger partial charge is 0.310 e. The fraction of sp³-hybridized carbons (Fsp3) is 0.571. The van der Waals surface area contributed by atoms with Gasteiger partial charge in [0.05, 0.1) is 10.8 Å². The molecule has 2 atom stereocenters. The first kappa shape index (κ1) is 15.8. The number of alkyl halides is 3. The fourth-order valence-electron chi connectivity index (χ4n) is 2.67. The first-order chi connectivity index (χ1) is 9.86. The van der Waals surface area contributed by atoms with Crippen LogP contribution in [-0.4, -0.2) is 17.1 Å². The topological polar surface area (TPSA) is 55.2 Å². The van der Waals surface area contributed by atoms with Crippen LogP contribution in [0.15, 0.2) is 24.3 Å². The molecule has 1 fully saturated rings. The Kier molecular flexibility index (Phi) is 4.82. The summed E-state index contributed by atoms with van der Waals surface area (Å²) in [5.74, 6) is -1.22. The number of nitro groups is 1. The number of benzene rings is 1. The number of hydrogen-bond acceptors (Lipinski definition) is 3. The number of hydrogen-bond donors (Lipinski definition) is 1. The highest BCUT2D eigenvalue weighted by Gasteiger charge is 2.41. The van der Waals surface area contributed by atoms with Gasteiger partial charge in [-0.05, 0) is 24.8 Å².